The molecule has 1 unspecified atom stereocenters. The number of hydrogen-bond acceptors (Lipinski definition) is 5. The van der Waals surface area contributed by atoms with Crippen LogP contribution in [0, 0.1) is 5.92 Å². The lowest BCUT2D eigenvalue weighted by Crippen LogP contribution is -2.27. The second-order valence-corrected chi connectivity index (χ2v) is 4.47. The zero-order chi connectivity index (χ0) is 11.7. The van der Waals surface area contributed by atoms with Crippen molar-refractivity contribution in [3.63, 3.8) is 0 Å². The van der Waals surface area contributed by atoms with E-state index in [0.29, 0.717) is 23.4 Å². The molecule has 86 valence electrons. The summed E-state index contributed by atoms with van der Waals surface area (Å²) >= 11 is 3.15. The van der Waals surface area contributed by atoms with E-state index in [-0.39, 0.29) is 24.2 Å². The Balaban J connectivity index is 2.28. The van der Waals surface area contributed by atoms with Crippen LogP contribution in [0.3, 0.4) is 0 Å². The molecule has 2 rings (SSSR count). The number of nitrogens with two attached hydrogens (primary N) is 1. The SMILES string of the molecule is Nc1nc(Br)cnc1N1CC(CO)CC1=O. The van der Waals surface area contributed by atoms with Crippen LogP contribution < -0.4 is 10.6 Å². The number of nitrogen functional groups attached to an aromatic ring is 1. The van der Waals surface area contributed by atoms with E-state index < -0.39 is 0 Å². The maximum atomic E-state index is 11.7. The van der Waals surface area contributed by atoms with Crippen molar-refractivity contribution in [1.82, 2.24) is 9.97 Å². The van der Waals surface area contributed by atoms with Crippen molar-refractivity contribution in [2.24, 2.45) is 5.92 Å². The van der Waals surface area contributed by atoms with Crippen LogP contribution in [-0.4, -0.2) is 34.1 Å². The fourth-order valence-corrected chi connectivity index (χ4v) is 1.98. The molecule has 7 heteroatoms. The Bertz CT molecular complexity index is 426. The summed E-state index contributed by atoms with van der Waals surface area (Å²) in [5, 5.41) is 9.01. The molecule has 1 atom stereocenters. The van der Waals surface area contributed by atoms with Gasteiger partial charge in [-0.3, -0.25) is 9.69 Å². The zero-order valence-corrected chi connectivity index (χ0v) is 10.0. The lowest BCUT2D eigenvalue weighted by molar-refractivity contribution is -0.117. The third kappa shape index (κ3) is 2.00. The molecule has 1 aliphatic rings. The molecule has 2 heterocycles. The zero-order valence-electron chi connectivity index (χ0n) is 8.43. The van der Waals surface area contributed by atoms with Crippen LogP contribution in [0.15, 0.2) is 10.8 Å². The molecule has 0 bridgehead atoms. The Morgan fingerprint density at radius 2 is 2.44 bits per heavy atom. The standard InChI is InChI=1S/C9H11BrN4O2/c10-6-2-12-9(8(11)13-6)14-3-5(4-15)1-7(14)16/h2,5,15H,1,3-4H2,(H2,11,13). The van der Waals surface area contributed by atoms with Gasteiger partial charge in [-0.05, 0) is 15.9 Å². The van der Waals surface area contributed by atoms with Gasteiger partial charge in [-0.2, -0.15) is 0 Å². The predicted octanol–water partition coefficient (Wildman–Crippen LogP) is 0.166. The Hall–Kier alpha value is -1.21. The molecule has 16 heavy (non-hydrogen) atoms. The van der Waals surface area contributed by atoms with Gasteiger partial charge in [0.1, 0.15) is 4.60 Å². The summed E-state index contributed by atoms with van der Waals surface area (Å²) in [4.78, 5) is 21.2. The molecule has 6 nitrogen and oxygen atoms in total. The van der Waals surface area contributed by atoms with E-state index in [4.69, 9.17) is 10.8 Å². The molecule has 0 spiro atoms. The number of hydrogen-bond donors (Lipinski definition) is 2. The number of aliphatic hydroxyl groups is 1. The quantitative estimate of drug-likeness (QED) is 0.808. The van der Waals surface area contributed by atoms with E-state index in [1.807, 2.05) is 0 Å². The lowest BCUT2D eigenvalue weighted by Gasteiger charge is -2.16. The molecule has 1 aliphatic heterocycles. The van der Waals surface area contributed by atoms with Gasteiger partial charge in [-0.25, -0.2) is 9.97 Å². The number of aromatic nitrogens is 2. The second-order valence-electron chi connectivity index (χ2n) is 3.66. The third-order valence-electron chi connectivity index (χ3n) is 2.47. The number of rotatable bonds is 2. The first-order valence-electron chi connectivity index (χ1n) is 4.81. The minimum atomic E-state index is -0.0811. The number of carbonyl (C=O) groups is 1. The van der Waals surface area contributed by atoms with Gasteiger partial charge in [-0.1, -0.05) is 0 Å². The van der Waals surface area contributed by atoms with Crippen molar-refractivity contribution in [1.29, 1.82) is 0 Å². The van der Waals surface area contributed by atoms with Gasteiger partial charge in [-0.15, -0.1) is 0 Å². The van der Waals surface area contributed by atoms with E-state index in [0.717, 1.165) is 0 Å². The molecule has 1 amide bonds. The van der Waals surface area contributed by atoms with Crippen LogP contribution >= 0.6 is 15.9 Å². The maximum Gasteiger partial charge on any atom is 0.228 e. The summed E-state index contributed by atoms with van der Waals surface area (Å²) in [5.41, 5.74) is 5.69. The van der Waals surface area contributed by atoms with Crippen molar-refractivity contribution in [3.8, 4) is 0 Å². The topological polar surface area (TPSA) is 92.3 Å². The number of amides is 1. The molecule has 1 aromatic rings. The van der Waals surface area contributed by atoms with Gasteiger partial charge in [0.25, 0.3) is 0 Å². The minimum absolute atomic E-state index is 0.00784. The first-order chi connectivity index (χ1) is 7.61. The Kier molecular flexibility index (Phi) is 3.06. The highest BCUT2D eigenvalue weighted by Crippen LogP contribution is 2.27. The molecule has 0 aromatic carbocycles. The van der Waals surface area contributed by atoms with Crippen molar-refractivity contribution in [2.45, 2.75) is 6.42 Å². The van der Waals surface area contributed by atoms with Crippen LogP contribution in [-0.2, 0) is 4.79 Å². The average Bonchev–Trinajstić information content (AvgIpc) is 2.60. The van der Waals surface area contributed by atoms with Crippen molar-refractivity contribution in [3.05, 3.63) is 10.8 Å². The predicted molar refractivity (Wildman–Crippen MR) is 61.7 cm³/mol. The van der Waals surface area contributed by atoms with Gasteiger partial charge >= 0.3 is 0 Å². The molecule has 3 N–H and O–H groups in total. The molecule has 1 aromatic heterocycles. The van der Waals surface area contributed by atoms with Crippen molar-refractivity contribution < 1.29 is 9.90 Å². The Morgan fingerprint density at radius 3 is 3.00 bits per heavy atom. The van der Waals surface area contributed by atoms with Crippen LogP contribution in [0.25, 0.3) is 0 Å². The van der Waals surface area contributed by atoms with E-state index in [9.17, 15) is 4.79 Å². The van der Waals surface area contributed by atoms with Gasteiger partial charge in [0, 0.05) is 25.5 Å². The summed E-state index contributed by atoms with van der Waals surface area (Å²) in [7, 11) is 0. The highest BCUT2D eigenvalue weighted by atomic mass is 79.9. The van der Waals surface area contributed by atoms with Gasteiger partial charge < -0.3 is 10.8 Å². The molecule has 1 saturated heterocycles. The number of aliphatic hydroxyl groups excluding tert-OH is 1. The first kappa shape index (κ1) is 11.3. The number of anilines is 2. The van der Waals surface area contributed by atoms with Crippen LogP contribution in [0.1, 0.15) is 6.42 Å². The monoisotopic (exact) mass is 286 g/mol. The molecule has 0 aliphatic carbocycles. The van der Waals surface area contributed by atoms with Crippen LogP contribution in [0.5, 0.6) is 0 Å². The highest BCUT2D eigenvalue weighted by molar-refractivity contribution is 9.10. The van der Waals surface area contributed by atoms with E-state index in [2.05, 4.69) is 25.9 Å². The summed E-state index contributed by atoms with van der Waals surface area (Å²) in [6.45, 7) is 0.432. The van der Waals surface area contributed by atoms with Crippen LogP contribution in [0.2, 0.25) is 0 Å². The molecular formula is C9H11BrN4O2. The third-order valence-corrected chi connectivity index (χ3v) is 2.85. The summed E-state index contributed by atoms with van der Waals surface area (Å²) in [5.74, 6) is 0.449. The molecule has 0 radical (unpaired) electrons. The summed E-state index contributed by atoms with van der Waals surface area (Å²) in [6.07, 6.45) is 1.82. The highest BCUT2D eigenvalue weighted by Gasteiger charge is 2.32. The largest absolute Gasteiger partial charge is 0.396 e. The fraction of sp³-hybridized carbons (Fsp3) is 0.444. The first-order valence-corrected chi connectivity index (χ1v) is 5.60. The smallest absolute Gasteiger partial charge is 0.228 e. The maximum absolute atomic E-state index is 11.7. The summed E-state index contributed by atoms with van der Waals surface area (Å²) in [6, 6.07) is 0. The number of nitrogens with zero attached hydrogens (tertiary/aromatic N) is 3. The van der Waals surface area contributed by atoms with Gasteiger partial charge in [0.05, 0.1) is 6.20 Å². The normalized spacial score (nSPS) is 20.5. The van der Waals surface area contributed by atoms with Crippen LogP contribution in [0.4, 0.5) is 11.6 Å². The molecule has 0 saturated carbocycles. The average molecular weight is 287 g/mol. The molecular weight excluding hydrogens is 276 g/mol. The number of halogens is 1. The van der Waals surface area contributed by atoms with Gasteiger partial charge in [0.15, 0.2) is 11.6 Å². The second kappa shape index (κ2) is 4.34. The van der Waals surface area contributed by atoms with E-state index in [1.165, 1.54) is 11.1 Å². The van der Waals surface area contributed by atoms with E-state index in [1.54, 1.807) is 0 Å². The number of carbonyl (C=O) groups excluding carboxylic acids is 1. The Morgan fingerprint density at radius 1 is 1.69 bits per heavy atom. The fourth-order valence-electron chi connectivity index (χ4n) is 1.69. The lowest BCUT2D eigenvalue weighted by atomic mass is 10.1. The summed E-state index contributed by atoms with van der Waals surface area (Å²) < 4.78 is 0.527. The van der Waals surface area contributed by atoms with E-state index >= 15 is 0 Å². The molecule has 1 fully saturated rings. The van der Waals surface area contributed by atoms with Crippen molar-refractivity contribution in [2.75, 3.05) is 23.8 Å². The minimum Gasteiger partial charge on any atom is -0.396 e. The Labute approximate surface area is 101 Å². The van der Waals surface area contributed by atoms with Gasteiger partial charge in [0.2, 0.25) is 5.91 Å². The van der Waals surface area contributed by atoms with Crippen molar-refractivity contribution >= 4 is 33.5 Å².